The lowest BCUT2D eigenvalue weighted by Crippen LogP contribution is -2.52. The molecule has 0 saturated heterocycles. The smallest absolute Gasteiger partial charge is 0.243 e. The highest BCUT2D eigenvalue weighted by Crippen LogP contribution is 2.23. The van der Waals surface area contributed by atoms with Crippen molar-refractivity contribution in [2.24, 2.45) is 0 Å². The van der Waals surface area contributed by atoms with Crippen LogP contribution in [0.1, 0.15) is 51.2 Å². The van der Waals surface area contributed by atoms with Crippen LogP contribution in [0.15, 0.2) is 78.9 Å². The predicted octanol–water partition coefficient (Wildman–Crippen LogP) is 5.33. The van der Waals surface area contributed by atoms with Crippen molar-refractivity contribution in [1.29, 1.82) is 0 Å². The van der Waals surface area contributed by atoms with Crippen molar-refractivity contribution in [3.05, 3.63) is 95.8 Å². The lowest BCUT2D eigenvalue weighted by molar-refractivity contribution is -0.141. The summed E-state index contributed by atoms with van der Waals surface area (Å²) in [6, 6.07) is 21.2. The van der Waals surface area contributed by atoms with E-state index in [1.807, 2.05) is 51.1 Å². The van der Waals surface area contributed by atoms with Gasteiger partial charge >= 0.3 is 0 Å². The molecular formula is C33H42FN3O5S. The second-order valence-corrected chi connectivity index (χ2v) is 12.4. The standard InChI is InChI=1S/C33H42FN3O5S/c1-5-25(3)35-33(39)31(23-26-13-8-7-9-14-26)36(24-27-15-10-11-16-30(27)34)32(38)17-12-22-37(43(4,40)41)28-18-20-29(21-19-28)42-6-2/h7-11,13-16,18-21,25,31H,5-6,12,17,22-24H2,1-4H3,(H,35,39)/t25-,31-/m1/s1. The summed E-state index contributed by atoms with van der Waals surface area (Å²) in [7, 11) is -3.65. The monoisotopic (exact) mass is 611 g/mol. The predicted molar refractivity (Wildman–Crippen MR) is 168 cm³/mol. The largest absolute Gasteiger partial charge is 0.494 e. The second-order valence-electron chi connectivity index (χ2n) is 10.5. The Kier molecular flexibility index (Phi) is 12.5. The van der Waals surface area contributed by atoms with Crippen molar-refractivity contribution < 1.29 is 27.1 Å². The number of hydrogen-bond acceptors (Lipinski definition) is 5. The van der Waals surface area contributed by atoms with Gasteiger partial charge in [0.25, 0.3) is 0 Å². The third kappa shape index (κ3) is 10.1. The van der Waals surface area contributed by atoms with Crippen molar-refractivity contribution in [3.63, 3.8) is 0 Å². The first kappa shape index (κ1) is 33.6. The van der Waals surface area contributed by atoms with Gasteiger partial charge in [0, 0.05) is 37.5 Å². The summed E-state index contributed by atoms with van der Waals surface area (Å²) in [6.45, 7) is 6.14. The summed E-state index contributed by atoms with van der Waals surface area (Å²) in [6.07, 6.45) is 2.21. The number of carbonyl (C=O) groups excluding carboxylic acids is 2. The van der Waals surface area contributed by atoms with Crippen molar-refractivity contribution >= 4 is 27.5 Å². The van der Waals surface area contributed by atoms with Crippen LogP contribution in [0.3, 0.4) is 0 Å². The van der Waals surface area contributed by atoms with Gasteiger partial charge in [0.2, 0.25) is 21.8 Å². The van der Waals surface area contributed by atoms with Crippen molar-refractivity contribution in [1.82, 2.24) is 10.2 Å². The molecule has 10 heteroatoms. The molecule has 0 radical (unpaired) electrons. The highest BCUT2D eigenvalue weighted by Gasteiger charge is 2.31. The number of carbonyl (C=O) groups is 2. The molecule has 8 nitrogen and oxygen atoms in total. The highest BCUT2D eigenvalue weighted by atomic mass is 32.2. The van der Waals surface area contributed by atoms with Crippen LogP contribution in [0.5, 0.6) is 5.75 Å². The van der Waals surface area contributed by atoms with E-state index in [1.165, 1.54) is 15.3 Å². The molecule has 0 fully saturated rings. The fourth-order valence-electron chi connectivity index (χ4n) is 4.68. The van der Waals surface area contributed by atoms with Gasteiger partial charge in [0.05, 0.1) is 18.6 Å². The Balaban J connectivity index is 1.88. The van der Waals surface area contributed by atoms with Gasteiger partial charge < -0.3 is 15.0 Å². The average molecular weight is 612 g/mol. The molecule has 1 N–H and O–H groups in total. The van der Waals surface area contributed by atoms with Gasteiger partial charge in [0.15, 0.2) is 0 Å². The molecule has 0 aromatic heterocycles. The molecule has 2 atom stereocenters. The first-order valence-corrected chi connectivity index (χ1v) is 16.5. The van der Waals surface area contributed by atoms with Crippen LogP contribution in [-0.4, -0.2) is 56.6 Å². The zero-order valence-electron chi connectivity index (χ0n) is 25.3. The molecule has 0 saturated carbocycles. The van der Waals surface area contributed by atoms with Gasteiger partial charge in [-0.3, -0.25) is 13.9 Å². The topological polar surface area (TPSA) is 96.0 Å². The lowest BCUT2D eigenvalue weighted by Gasteiger charge is -2.33. The summed E-state index contributed by atoms with van der Waals surface area (Å²) in [5.74, 6) is -0.544. The minimum atomic E-state index is -3.65. The van der Waals surface area contributed by atoms with E-state index in [0.29, 0.717) is 24.5 Å². The molecule has 0 aliphatic carbocycles. The first-order valence-electron chi connectivity index (χ1n) is 14.6. The molecule has 0 unspecified atom stereocenters. The van der Waals surface area contributed by atoms with Gasteiger partial charge in [-0.15, -0.1) is 0 Å². The summed E-state index contributed by atoms with van der Waals surface area (Å²) < 4.78 is 46.8. The van der Waals surface area contributed by atoms with Crippen LogP contribution in [0, 0.1) is 5.82 Å². The van der Waals surface area contributed by atoms with E-state index < -0.39 is 21.9 Å². The van der Waals surface area contributed by atoms with Gasteiger partial charge in [-0.2, -0.15) is 0 Å². The molecule has 0 spiro atoms. The number of nitrogens with zero attached hydrogens (tertiary/aromatic N) is 2. The number of anilines is 1. The van der Waals surface area contributed by atoms with Gasteiger partial charge in [0.1, 0.15) is 17.6 Å². The SMILES string of the molecule is CCOc1ccc(N(CCCC(=O)N(Cc2ccccc2F)[C@H](Cc2ccccc2)C(=O)N[C@H](C)CC)S(C)(=O)=O)cc1. The Morgan fingerprint density at radius 1 is 0.953 bits per heavy atom. The molecule has 0 bridgehead atoms. The fourth-order valence-corrected chi connectivity index (χ4v) is 5.65. The summed E-state index contributed by atoms with van der Waals surface area (Å²) in [4.78, 5) is 28.9. The minimum Gasteiger partial charge on any atom is -0.494 e. The molecule has 43 heavy (non-hydrogen) atoms. The number of hydrogen-bond donors (Lipinski definition) is 1. The second kappa shape index (κ2) is 16.1. The van der Waals surface area contributed by atoms with Crippen LogP contribution < -0.4 is 14.4 Å². The number of rotatable bonds is 16. The fraction of sp³-hybridized carbons (Fsp3) is 0.394. The normalized spacial score (nSPS) is 12.7. The quantitative estimate of drug-likeness (QED) is 0.236. The zero-order valence-corrected chi connectivity index (χ0v) is 26.1. The van der Waals surface area contributed by atoms with E-state index in [4.69, 9.17) is 4.74 Å². The van der Waals surface area contributed by atoms with Crippen LogP contribution in [0.4, 0.5) is 10.1 Å². The minimum absolute atomic E-state index is 0.0423. The highest BCUT2D eigenvalue weighted by molar-refractivity contribution is 7.92. The number of sulfonamides is 1. The van der Waals surface area contributed by atoms with E-state index in [2.05, 4.69) is 5.32 Å². The van der Waals surface area contributed by atoms with Gasteiger partial charge in [-0.05, 0) is 62.6 Å². The molecule has 3 aromatic rings. The van der Waals surface area contributed by atoms with Crippen molar-refractivity contribution in [2.45, 2.75) is 65.1 Å². The van der Waals surface area contributed by atoms with Gasteiger partial charge in [-0.25, -0.2) is 12.8 Å². The van der Waals surface area contributed by atoms with Gasteiger partial charge in [-0.1, -0.05) is 55.5 Å². The average Bonchev–Trinajstić information content (AvgIpc) is 2.98. The number of amides is 2. The Hall–Kier alpha value is -3.92. The van der Waals surface area contributed by atoms with Crippen molar-refractivity contribution in [3.8, 4) is 5.75 Å². The maximum absolute atomic E-state index is 14.8. The molecule has 0 aliphatic heterocycles. The molecule has 3 aromatic carbocycles. The van der Waals surface area contributed by atoms with Crippen LogP contribution in [0.2, 0.25) is 0 Å². The van der Waals surface area contributed by atoms with Crippen LogP contribution in [0.25, 0.3) is 0 Å². The maximum Gasteiger partial charge on any atom is 0.243 e. The third-order valence-electron chi connectivity index (χ3n) is 7.16. The van der Waals surface area contributed by atoms with E-state index in [-0.39, 0.29) is 55.8 Å². The number of nitrogens with one attached hydrogen (secondary N) is 1. The number of halogens is 1. The number of benzene rings is 3. The summed E-state index contributed by atoms with van der Waals surface area (Å²) in [5, 5.41) is 2.99. The molecule has 3 rings (SSSR count). The summed E-state index contributed by atoms with van der Waals surface area (Å²) >= 11 is 0. The van der Waals surface area contributed by atoms with Crippen LogP contribution >= 0.6 is 0 Å². The Morgan fingerprint density at radius 3 is 2.21 bits per heavy atom. The Morgan fingerprint density at radius 2 is 1.60 bits per heavy atom. The van der Waals surface area contributed by atoms with Crippen molar-refractivity contribution in [2.75, 3.05) is 23.7 Å². The Labute approximate surface area is 254 Å². The molecular weight excluding hydrogens is 569 g/mol. The van der Waals surface area contributed by atoms with E-state index in [1.54, 1.807) is 42.5 Å². The maximum atomic E-state index is 14.8. The Bertz CT molecular complexity index is 1430. The molecule has 2 amide bonds. The van der Waals surface area contributed by atoms with E-state index in [0.717, 1.165) is 11.8 Å². The molecule has 0 heterocycles. The first-order chi connectivity index (χ1) is 20.5. The summed E-state index contributed by atoms with van der Waals surface area (Å²) in [5.41, 5.74) is 1.60. The zero-order chi connectivity index (χ0) is 31.4. The third-order valence-corrected chi connectivity index (χ3v) is 8.35. The van der Waals surface area contributed by atoms with E-state index in [9.17, 15) is 22.4 Å². The van der Waals surface area contributed by atoms with Crippen LogP contribution in [-0.2, 0) is 32.6 Å². The molecule has 0 aliphatic rings. The van der Waals surface area contributed by atoms with E-state index >= 15 is 0 Å². The lowest BCUT2D eigenvalue weighted by atomic mass is 10.0. The molecule has 232 valence electrons. The number of ether oxygens (including phenoxy) is 1.